The van der Waals surface area contributed by atoms with E-state index in [1.54, 1.807) is 0 Å². The van der Waals surface area contributed by atoms with Crippen molar-refractivity contribution < 1.29 is 9.84 Å². The number of hydrogen-bond acceptors (Lipinski definition) is 3. The van der Waals surface area contributed by atoms with E-state index in [0.29, 0.717) is 13.2 Å². The number of hydrogen-bond donors (Lipinski definition) is 2. The number of ether oxygens (including phenoxy) is 1. The van der Waals surface area contributed by atoms with Gasteiger partial charge >= 0.3 is 0 Å². The summed E-state index contributed by atoms with van der Waals surface area (Å²) in [4.78, 5) is 0. The summed E-state index contributed by atoms with van der Waals surface area (Å²) < 4.78 is 6.43. The molecule has 0 aliphatic heterocycles. The molecule has 1 unspecified atom stereocenters. The molecule has 0 saturated carbocycles. The van der Waals surface area contributed by atoms with E-state index in [9.17, 15) is 5.11 Å². The molecule has 1 rings (SSSR count). The predicted octanol–water partition coefficient (Wildman–Crippen LogP) is 3.66. The summed E-state index contributed by atoms with van der Waals surface area (Å²) in [6, 6.07) is 4.19. The van der Waals surface area contributed by atoms with Gasteiger partial charge in [0.05, 0.1) is 18.4 Å². The SMILES string of the molecule is CCCCOCC(O)CNc1c(C)cc(C)cc1Br. The second-order valence-corrected chi connectivity index (χ2v) is 5.76. The molecule has 0 amide bonds. The van der Waals surface area contributed by atoms with Gasteiger partial charge in [-0.25, -0.2) is 0 Å². The van der Waals surface area contributed by atoms with Crippen molar-refractivity contribution in [3.63, 3.8) is 0 Å². The van der Waals surface area contributed by atoms with Gasteiger partial charge in [-0.2, -0.15) is 0 Å². The lowest BCUT2D eigenvalue weighted by atomic mass is 10.1. The van der Waals surface area contributed by atoms with E-state index in [1.165, 1.54) is 11.1 Å². The highest BCUT2D eigenvalue weighted by Gasteiger charge is 2.08. The van der Waals surface area contributed by atoms with Crippen LogP contribution in [-0.2, 0) is 4.74 Å². The Morgan fingerprint density at radius 1 is 1.37 bits per heavy atom. The Morgan fingerprint density at radius 2 is 2.11 bits per heavy atom. The normalized spacial score (nSPS) is 12.5. The van der Waals surface area contributed by atoms with Crippen molar-refractivity contribution in [1.29, 1.82) is 0 Å². The molecule has 4 heteroatoms. The van der Waals surface area contributed by atoms with Crippen LogP contribution in [0.5, 0.6) is 0 Å². The van der Waals surface area contributed by atoms with Crippen LogP contribution in [0.2, 0.25) is 0 Å². The number of anilines is 1. The average Bonchev–Trinajstić information content (AvgIpc) is 2.33. The third-order valence-electron chi connectivity index (χ3n) is 2.90. The van der Waals surface area contributed by atoms with Crippen molar-refractivity contribution >= 4 is 21.6 Å². The summed E-state index contributed by atoms with van der Waals surface area (Å²) in [5.41, 5.74) is 3.43. The van der Waals surface area contributed by atoms with Gasteiger partial charge in [-0.15, -0.1) is 0 Å². The van der Waals surface area contributed by atoms with Crippen molar-refractivity contribution in [3.05, 3.63) is 27.7 Å². The number of halogens is 1. The molecular weight excluding hydrogens is 306 g/mol. The fourth-order valence-corrected chi connectivity index (χ4v) is 2.70. The fraction of sp³-hybridized carbons (Fsp3) is 0.600. The molecule has 0 heterocycles. The van der Waals surface area contributed by atoms with E-state index in [-0.39, 0.29) is 0 Å². The van der Waals surface area contributed by atoms with Gasteiger partial charge in [0.2, 0.25) is 0 Å². The van der Waals surface area contributed by atoms with Gasteiger partial charge in [0, 0.05) is 17.6 Å². The van der Waals surface area contributed by atoms with Crippen LogP contribution in [0.3, 0.4) is 0 Å². The number of nitrogens with one attached hydrogen (secondary N) is 1. The highest BCUT2D eigenvalue weighted by molar-refractivity contribution is 9.10. The van der Waals surface area contributed by atoms with Crippen LogP contribution in [0.4, 0.5) is 5.69 Å². The summed E-state index contributed by atoms with van der Waals surface area (Å²) >= 11 is 3.55. The molecule has 0 aliphatic carbocycles. The molecule has 19 heavy (non-hydrogen) atoms. The first-order valence-electron chi connectivity index (χ1n) is 6.81. The maximum absolute atomic E-state index is 9.84. The van der Waals surface area contributed by atoms with Crippen LogP contribution in [0.25, 0.3) is 0 Å². The Bertz CT molecular complexity index is 373. The number of unbranched alkanes of at least 4 members (excludes halogenated alkanes) is 1. The van der Waals surface area contributed by atoms with E-state index in [1.807, 2.05) is 0 Å². The first kappa shape index (κ1) is 16.5. The predicted molar refractivity (Wildman–Crippen MR) is 83.8 cm³/mol. The molecule has 108 valence electrons. The molecule has 0 aliphatic rings. The molecule has 0 radical (unpaired) electrons. The van der Waals surface area contributed by atoms with Gasteiger partial charge in [-0.3, -0.25) is 0 Å². The highest BCUT2D eigenvalue weighted by Crippen LogP contribution is 2.27. The van der Waals surface area contributed by atoms with Crippen LogP contribution in [0, 0.1) is 13.8 Å². The summed E-state index contributed by atoms with van der Waals surface area (Å²) in [7, 11) is 0. The maximum atomic E-state index is 9.84. The fourth-order valence-electron chi connectivity index (χ4n) is 1.88. The molecule has 0 spiro atoms. The molecule has 1 aromatic carbocycles. The third-order valence-corrected chi connectivity index (χ3v) is 3.52. The molecule has 0 bridgehead atoms. The largest absolute Gasteiger partial charge is 0.389 e. The smallest absolute Gasteiger partial charge is 0.0945 e. The Balaban J connectivity index is 2.40. The van der Waals surface area contributed by atoms with E-state index in [4.69, 9.17) is 4.74 Å². The first-order valence-corrected chi connectivity index (χ1v) is 7.60. The van der Waals surface area contributed by atoms with Gasteiger partial charge in [0.15, 0.2) is 0 Å². The number of rotatable bonds is 8. The van der Waals surface area contributed by atoms with Crippen LogP contribution in [0.1, 0.15) is 30.9 Å². The topological polar surface area (TPSA) is 41.5 Å². The average molecular weight is 330 g/mol. The minimum atomic E-state index is -0.482. The van der Waals surface area contributed by atoms with Crippen molar-refractivity contribution in [2.24, 2.45) is 0 Å². The Kier molecular flexibility index (Phi) is 7.42. The maximum Gasteiger partial charge on any atom is 0.0945 e. The van der Waals surface area contributed by atoms with Crippen molar-refractivity contribution in [2.45, 2.75) is 39.7 Å². The Labute approximate surface area is 124 Å². The molecule has 1 aromatic rings. The number of aliphatic hydroxyl groups is 1. The number of benzene rings is 1. The monoisotopic (exact) mass is 329 g/mol. The Morgan fingerprint density at radius 3 is 2.74 bits per heavy atom. The summed E-state index contributed by atoms with van der Waals surface area (Å²) in [6.07, 6.45) is 1.68. The third kappa shape index (κ3) is 5.93. The van der Waals surface area contributed by atoms with Crippen LogP contribution in [0.15, 0.2) is 16.6 Å². The highest BCUT2D eigenvalue weighted by atomic mass is 79.9. The minimum Gasteiger partial charge on any atom is -0.389 e. The van der Waals surface area contributed by atoms with Gasteiger partial charge in [-0.1, -0.05) is 19.4 Å². The number of aliphatic hydroxyl groups excluding tert-OH is 1. The van der Waals surface area contributed by atoms with Gasteiger partial charge in [0.25, 0.3) is 0 Å². The standard InChI is InChI=1S/C15H24BrNO2/c1-4-5-6-19-10-13(18)9-17-15-12(3)7-11(2)8-14(15)16/h7-8,13,17-18H,4-6,9-10H2,1-3H3. The minimum absolute atomic E-state index is 0.384. The van der Waals surface area contributed by atoms with Gasteiger partial charge < -0.3 is 15.2 Å². The first-order chi connectivity index (χ1) is 9.04. The van der Waals surface area contributed by atoms with E-state index < -0.39 is 6.10 Å². The van der Waals surface area contributed by atoms with E-state index in [0.717, 1.165) is 29.6 Å². The molecule has 0 aromatic heterocycles. The second kappa shape index (κ2) is 8.56. The van der Waals surface area contributed by atoms with Crippen molar-refractivity contribution in [1.82, 2.24) is 0 Å². The lowest BCUT2D eigenvalue weighted by molar-refractivity contribution is 0.0421. The second-order valence-electron chi connectivity index (χ2n) is 4.90. The van der Waals surface area contributed by atoms with Crippen molar-refractivity contribution in [2.75, 3.05) is 25.1 Å². The van der Waals surface area contributed by atoms with Crippen LogP contribution >= 0.6 is 15.9 Å². The lowest BCUT2D eigenvalue weighted by Gasteiger charge is -2.16. The summed E-state index contributed by atoms with van der Waals surface area (Å²) in [5.74, 6) is 0. The zero-order valence-electron chi connectivity index (χ0n) is 12.0. The molecule has 0 saturated heterocycles. The van der Waals surface area contributed by atoms with Gasteiger partial charge in [0.1, 0.15) is 0 Å². The molecular formula is C15H24BrNO2. The van der Waals surface area contributed by atoms with Crippen LogP contribution < -0.4 is 5.32 Å². The summed E-state index contributed by atoms with van der Waals surface area (Å²) in [6.45, 7) is 7.85. The Hall–Kier alpha value is -0.580. The zero-order valence-corrected chi connectivity index (χ0v) is 13.6. The quantitative estimate of drug-likeness (QED) is 0.715. The lowest BCUT2D eigenvalue weighted by Crippen LogP contribution is -2.25. The van der Waals surface area contributed by atoms with Crippen molar-refractivity contribution in [3.8, 4) is 0 Å². The van der Waals surface area contributed by atoms with E-state index >= 15 is 0 Å². The summed E-state index contributed by atoms with van der Waals surface area (Å²) in [5, 5.41) is 13.1. The van der Waals surface area contributed by atoms with Gasteiger partial charge in [-0.05, 0) is 53.4 Å². The van der Waals surface area contributed by atoms with E-state index in [2.05, 4.69) is 54.2 Å². The zero-order chi connectivity index (χ0) is 14.3. The molecule has 3 nitrogen and oxygen atoms in total. The molecule has 1 atom stereocenters. The molecule has 0 fully saturated rings. The molecule has 2 N–H and O–H groups in total. The van der Waals surface area contributed by atoms with Crippen LogP contribution in [-0.4, -0.2) is 31.0 Å². The number of aryl methyl sites for hydroxylation is 2.